The molecule has 0 aliphatic carbocycles. The van der Waals surface area contributed by atoms with E-state index in [1.54, 1.807) is 34.8 Å². The monoisotopic (exact) mass is 596 g/mol. The van der Waals surface area contributed by atoms with Crippen LogP contribution in [0.15, 0.2) is 69.0 Å². The van der Waals surface area contributed by atoms with Crippen LogP contribution in [0.2, 0.25) is 0 Å². The molecule has 4 nitrogen and oxygen atoms in total. The Balaban J connectivity index is 1.27. The predicted molar refractivity (Wildman–Crippen MR) is 166 cm³/mol. The van der Waals surface area contributed by atoms with Gasteiger partial charge in [0.05, 0.1) is 5.25 Å². The van der Waals surface area contributed by atoms with Crippen LogP contribution in [0, 0.1) is 51.2 Å². The number of nitriles is 4. The van der Waals surface area contributed by atoms with Crippen LogP contribution >= 0.6 is 57.5 Å². The quantitative estimate of drug-likeness (QED) is 0.263. The zero-order valence-electron chi connectivity index (χ0n) is 21.0. The molecule has 0 spiro atoms. The van der Waals surface area contributed by atoms with Crippen LogP contribution in [0.1, 0.15) is 50.3 Å². The first kappa shape index (κ1) is 27.3. The van der Waals surface area contributed by atoms with Gasteiger partial charge in [0, 0.05) is 44.3 Å². The predicted octanol–water partition coefficient (Wildman–Crippen LogP) is 9.86. The molecule has 0 fully saturated rings. The van der Waals surface area contributed by atoms with Gasteiger partial charge < -0.3 is 0 Å². The van der Waals surface area contributed by atoms with E-state index in [1.807, 2.05) is 71.3 Å². The minimum Gasteiger partial charge on any atom is -0.192 e. The smallest absolute Gasteiger partial charge is 0.131 e. The maximum atomic E-state index is 9.04. The van der Waals surface area contributed by atoms with Crippen LogP contribution in [0.4, 0.5) is 0 Å². The molecule has 3 aromatic rings. The van der Waals surface area contributed by atoms with Gasteiger partial charge in [-0.3, -0.25) is 0 Å². The van der Waals surface area contributed by atoms with Gasteiger partial charge in [0.15, 0.2) is 0 Å². The summed E-state index contributed by atoms with van der Waals surface area (Å²) in [5.74, 6) is 0.432. The van der Waals surface area contributed by atoms with Crippen LogP contribution < -0.4 is 0 Å². The van der Waals surface area contributed by atoms with E-state index in [0.29, 0.717) is 16.4 Å². The van der Waals surface area contributed by atoms with Crippen molar-refractivity contribution < 1.29 is 0 Å². The summed E-state index contributed by atoms with van der Waals surface area (Å²) < 4.78 is 0. The van der Waals surface area contributed by atoms with Gasteiger partial charge in [0.25, 0.3) is 0 Å². The zero-order chi connectivity index (χ0) is 27.5. The van der Waals surface area contributed by atoms with Crippen molar-refractivity contribution in [2.45, 2.75) is 30.8 Å². The topological polar surface area (TPSA) is 95.2 Å². The molecule has 9 heteroatoms. The summed E-state index contributed by atoms with van der Waals surface area (Å²) in [7, 11) is 0. The first-order valence-corrected chi connectivity index (χ1v) is 16.2. The Kier molecular flexibility index (Phi) is 8.29. The van der Waals surface area contributed by atoms with Crippen molar-refractivity contribution in [3.63, 3.8) is 0 Å². The summed E-state index contributed by atoms with van der Waals surface area (Å²) in [6.45, 7) is 4.58. The Hall–Kier alpha value is -3.28. The highest BCUT2D eigenvalue weighted by atomic mass is 32.2. The van der Waals surface area contributed by atoms with Crippen molar-refractivity contribution in [2.75, 3.05) is 0 Å². The van der Waals surface area contributed by atoms with Crippen LogP contribution in [0.5, 0.6) is 0 Å². The highest BCUT2D eigenvalue weighted by Gasteiger charge is 2.36. The summed E-state index contributed by atoms with van der Waals surface area (Å²) in [5.41, 5.74) is 1.68. The molecule has 0 saturated carbocycles. The molecule has 3 unspecified atom stereocenters. The van der Waals surface area contributed by atoms with Gasteiger partial charge in [0.1, 0.15) is 35.4 Å². The molecule has 190 valence electrons. The van der Waals surface area contributed by atoms with E-state index < -0.39 is 0 Å². The first-order valence-electron chi connectivity index (χ1n) is 12.0. The van der Waals surface area contributed by atoms with E-state index in [1.165, 1.54) is 30.0 Å². The third-order valence-electron chi connectivity index (χ3n) is 6.55. The zero-order valence-corrected chi connectivity index (χ0v) is 25.0. The van der Waals surface area contributed by atoms with E-state index in [0.717, 1.165) is 21.1 Å². The Morgan fingerprint density at radius 1 is 0.769 bits per heavy atom. The van der Waals surface area contributed by atoms with Crippen LogP contribution in [-0.4, -0.2) is 0 Å². The van der Waals surface area contributed by atoms with E-state index in [4.69, 9.17) is 21.0 Å². The summed E-state index contributed by atoms with van der Waals surface area (Å²) >= 11 is 8.95. The second-order valence-corrected chi connectivity index (χ2v) is 14.7. The molecule has 2 aliphatic rings. The van der Waals surface area contributed by atoms with Gasteiger partial charge in [-0.05, 0) is 67.8 Å². The molecule has 5 heterocycles. The van der Waals surface area contributed by atoms with E-state index in [9.17, 15) is 0 Å². The standard InChI is InChI=1S/C30H20N4S5/c1-17-18(2)30(28-10-8-26(38-28)24-6-4-22(36-24)12-20(15-33)16-34)39-29(17)27-9-7-25(37-27)23-5-3-21(35-23)11-19(13-31)14-32/h3-7,9-12,17,26,29H,8H2,1-2H3. The molecule has 39 heavy (non-hydrogen) atoms. The van der Waals surface area contributed by atoms with Crippen LogP contribution in [0.3, 0.4) is 0 Å². The molecule has 0 amide bonds. The lowest BCUT2D eigenvalue weighted by Crippen LogP contribution is -2.00. The SMILES string of the molecule is CC1=C(C2=CCC(c3ccc(C=C(C#N)C#N)s3)S2)SC(c2ccc(-c3ccc(C=C(C#N)C#N)s3)s2)C1C. The maximum Gasteiger partial charge on any atom is 0.131 e. The van der Waals surface area contributed by atoms with Crippen molar-refractivity contribution >= 4 is 69.7 Å². The van der Waals surface area contributed by atoms with Crippen molar-refractivity contribution in [3.05, 3.63) is 88.5 Å². The average Bonchev–Trinajstić information content (AvgIpc) is 3.77. The van der Waals surface area contributed by atoms with Crippen molar-refractivity contribution in [3.8, 4) is 34.0 Å². The lowest BCUT2D eigenvalue weighted by molar-refractivity contribution is 0.683. The average molecular weight is 597 g/mol. The largest absolute Gasteiger partial charge is 0.192 e. The Morgan fingerprint density at radius 2 is 1.36 bits per heavy atom. The molecule has 3 atom stereocenters. The number of allylic oxidation sites excluding steroid dienone is 4. The lowest BCUT2D eigenvalue weighted by Gasteiger charge is -2.14. The minimum absolute atomic E-state index is 0.116. The molecule has 0 bridgehead atoms. The molecular weight excluding hydrogens is 577 g/mol. The van der Waals surface area contributed by atoms with E-state index >= 15 is 0 Å². The Bertz CT molecular complexity index is 1700. The number of nitrogens with zero attached hydrogens (tertiary/aromatic N) is 4. The molecule has 5 rings (SSSR count). The number of rotatable bonds is 6. The normalized spacial score (nSPS) is 19.9. The van der Waals surface area contributed by atoms with Gasteiger partial charge in [0.2, 0.25) is 0 Å². The summed E-state index contributed by atoms with van der Waals surface area (Å²) in [5, 5.41) is 36.9. The van der Waals surface area contributed by atoms with Gasteiger partial charge in [-0.25, -0.2) is 0 Å². The molecule has 3 aromatic heterocycles. The van der Waals surface area contributed by atoms with Crippen molar-refractivity contribution in [1.29, 1.82) is 21.0 Å². The molecule has 0 saturated heterocycles. The molecule has 0 radical (unpaired) electrons. The molecular formula is C30H20N4S5. The van der Waals surface area contributed by atoms with Gasteiger partial charge in [-0.15, -0.1) is 57.5 Å². The third-order valence-corrected chi connectivity index (χ3v) is 13.6. The van der Waals surface area contributed by atoms with Crippen LogP contribution in [0.25, 0.3) is 21.9 Å². The van der Waals surface area contributed by atoms with Gasteiger partial charge in [-0.2, -0.15) is 21.0 Å². The fraction of sp³-hybridized carbons (Fsp3) is 0.200. The van der Waals surface area contributed by atoms with Crippen molar-refractivity contribution in [1.82, 2.24) is 0 Å². The highest BCUT2D eigenvalue weighted by molar-refractivity contribution is 8.09. The Labute approximate surface area is 248 Å². The van der Waals surface area contributed by atoms with E-state index in [2.05, 4.69) is 44.2 Å². The third kappa shape index (κ3) is 5.70. The fourth-order valence-corrected chi connectivity index (χ4v) is 10.9. The summed E-state index contributed by atoms with van der Waals surface area (Å²) in [6.07, 6.45) is 6.63. The number of thiophene rings is 3. The Morgan fingerprint density at radius 3 is 2.05 bits per heavy atom. The first-order chi connectivity index (χ1) is 18.9. The molecule has 2 aliphatic heterocycles. The second kappa shape index (κ2) is 11.8. The number of hydrogen-bond donors (Lipinski definition) is 0. The molecule has 0 aromatic carbocycles. The minimum atomic E-state index is 0.116. The van der Waals surface area contributed by atoms with Gasteiger partial charge in [-0.1, -0.05) is 18.6 Å². The summed E-state index contributed by atoms with van der Waals surface area (Å²) in [4.78, 5) is 9.58. The second-order valence-electron chi connectivity index (χ2n) is 8.96. The van der Waals surface area contributed by atoms with Crippen molar-refractivity contribution in [2.24, 2.45) is 5.92 Å². The highest BCUT2D eigenvalue weighted by Crippen LogP contribution is 2.60. The van der Waals surface area contributed by atoms with E-state index in [-0.39, 0.29) is 11.1 Å². The van der Waals surface area contributed by atoms with Crippen LogP contribution in [-0.2, 0) is 0 Å². The number of hydrogen-bond acceptors (Lipinski definition) is 9. The fourth-order valence-electron chi connectivity index (χ4n) is 4.38. The summed E-state index contributed by atoms with van der Waals surface area (Å²) in [6, 6.07) is 20.3. The number of thioether (sulfide) groups is 2. The molecule has 0 N–H and O–H groups in total. The van der Waals surface area contributed by atoms with Gasteiger partial charge >= 0.3 is 0 Å². The maximum absolute atomic E-state index is 9.04. The lowest BCUT2D eigenvalue weighted by atomic mass is 9.97.